The molecule has 0 saturated heterocycles. The second kappa shape index (κ2) is 9.75. The van der Waals surface area contributed by atoms with Crippen LogP contribution in [-0.4, -0.2) is 19.1 Å². The highest BCUT2D eigenvalue weighted by Crippen LogP contribution is 2.28. The van der Waals surface area contributed by atoms with Crippen LogP contribution in [0.1, 0.15) is 23.5 Å². The third-order valence-electron chi connectivity index (χ3n) is 5.22. The Hall–Kier alpha value is -3.59. The molecule has 0 saturated carbocycles. The Bertz CT molecular complexity index is 1050. The lowest BCUT2D eigenvalue weighted by molar-refractivity contribution is -0.121. The van der Waals surface area contributed by atoms with E-state index in [0.717, 1.165) is 27.6 Å². The molecule has 150 valence electrons. The van der Waals surface area contributed by atoms with Crippen molar-refractivity contribution in [3.8, 4) is 5.75 Å². The van der Waals surface area contributed by atoms with Crippen LogP contribution in [0.2, 0.25) is 0 Å². The summed E-state index contributed by atoms with van der Waals surface area (Å²) in [6, 6.07) is 34.5. The van der Waals surface area contributed by atoms with E-state index < -0.39 is 0 Å². The molecular weight excluding hydrogens is 370 g/mol. The largest absolute Gasteiger partial charge is 0.491 e. The van der Waals surface area contributed by atoms with E-state index in [0.29, 0.717) is 19.6 Å². The third-order valence-corrected chi connectivity index (χ3v) is 5.22. The number of rotatable bonds is 8. The van der Waals surface area contributed by atoms with Gasteiger partial charge in [0, 0.05) is 17.7 Å². The average molecular weight is 396 g/mol. The molecule has 3 nitrogen and oxygen atoms in total. The molecule has 0 aliphatic carbocycles. The first-order valence-corrected chi connectivity index (χ1v) is 10.3. The van der Waals surface area contributed by atoms with Crippen LogP contribution in [-0.2, 0) is 4.79 Å². The van der Waals surface area contributed by atoms with Crippen molar-refractivity contribution in [2.75, 3.05) is 13.2 Å². The minimum absolute atomic E-state index is 0.0224. The molecule has 0 fully saturated rings. The maximum Gasteiger partial charge on any atom is 0.221 e. The van der Waals surface area contributed by atoms with Crippen molar-refractivity contribution in [3.63, 3.8) is 0 Å². The Morgan fingerprint density at radius 1 is 0.733 bits per heavy atom. The summed E-state index contributed by atoms with van der Waals surface area (Å²) in [5.41, 5.74) is 2.29. The van der Waals surface area contributed by atoms with E-state index in [1.807, 2.05) is 66.7 Å². The van der Waals surface area contributed by atoms with Crippen LogP contribution in [0.5, 0.6) is 5.75 Å². The summed E-state index contributed by atoms with van der Waals surface area (Å²) in [4.78, 5) is 12.7. The van der Waals surface area contributed by atoms with E-state index in [1.165, 1.54) is 0 Å². The van der Waals surface area contributed by atoms with Crippen molar-refractivity contribution in [1.82, 2.24) is 5.32 Å². The molecule has 3 heteroatoms. The molecule has 1 N–H and O–H groups in total. The van der Waals surface area contributed by atoms with E-state index >= 15 is 0 Å². The molecule has 0 radical (unpaired) electrons. The lowest BCUT2D eigenvalue weighted by Gasteiger charge is -2.18. The van der Waals surface area contributed by atoms with Crippen molar-refractivity contribution >= 4 is 16.7 Å². The maximum absolute atomic E-state index is 12.7. The Labute approximate surface area is 177 Å². The molecule has 4 aromatic rings. The Morgan fingerprint density at radius 3 is 2.03 bits per heavy atom. The van der Waals surface area contributed by atoms with E-state index in [9.17, 15) is 4.79 Å². The molecule has 0 spiro atoms. The maximum atomic E-state index is 12.7. The highest BCUT2D eigenvalue weighted by atomic mass is 16.5. The summed E-state index contributed by atoms with van der Waals surface area (Å²) in [6.07, 6.45) is 0.405. The molecule has 4 aromatic carbocycles. The van der Waals surface area contributed by atoms with Gasteiger partial charge in [-0.1, -0.05) is 97.1 Å². The summed E-state index contributed by atoms with van der Waals surface area (Å²) in [7, 11) is 0. The summed E-state index contributed by atoms with van der Waals surface area (Å²) in [5.74, 6) is 0.898. The average Bonchev–Trinajstić information content (AvgIpc) is 2.81. The van der Waals surface area contributed by atoms with Gasteiger partial charge in [0.15, 0.2) is 0 Å². The fourth-order valence-electron chi connectivity index (χ4n) is 3.73. The number of ether oxygens (including phenoxy) is 1. The Kier molecular flexibility index (Phi) is 6.41. The number of carbonyl (C=O) groups excluding carboxylic acids is 1. The highest BCUT2D eigenvalue weighted by molar-refractivity contribution is 5.88. The Morgan fingerprint density at radius 2 is 1.33 bits per heavy atom. The van der Waals surface area contributed by atoms with Gasteiger partial charge in [0.05, 0.1) is 6.54 Å². The predicted molar refractivity (Wildman–Crippen MR) is 122 cm³/mol. The molecule has 0 heterocycles. The van der Waals surface area contributed by atoms with Gasteiger partial charge in [0.1, 0.15) is 12.4 Å². The van der Waals surface area contributed by atoms with Gasteiger partial charge in [0.25, 0.3) is 0 Å². The van der Waals surface area contributed by atoms with E-state index in [1.54, 1.807) is 0 Å². The van der Waals surface area contributed by atoms with Gasteiger partial charge < -0.3 is 10.1 Å². The predicted octanol–water partition coefficient (Wildman–Crippen LogP) is 5.56. The van der Waals surface area contributed by atoms with Crippen LogP contribution in [0, 0.1) is 0 Å². The van der Waals surface area contributed by atoms with Crippen LogP contribution in [0.3, 0.4) is 0 Å². The molecule has 0 aromatic heterocycles. The first kappa shape index (κ1) is 19.7. The smallest absolute Gasteiger partial charge is 0.221 e. The second-order valence-corrected chi connectivity index (χ2v) is 7.25. The summed E-state index contributed by atoms with van der Waals surface area (Å²) >= 11 is 0. The molecule has 0 aliphatic heterocycles. The fraction of sp³-hybridized carbons (Fsp3) is 0.148. The normalized spacial score (nSPS) is 10.8. The second-order valence-electron chi connectivity index (χ2n) is 7.25. The zero-order valence-electron chi connectivity index (χ0n) is 16.8. The molecular formula is C27H25NO2. The van der Waals surface area contributed by atoms with Gasteiger partial charge in [-0.05, 0) is 22.6 Å². The molecule has 1 amide bonds. The molecule has 30 heavy (non-hydrogen) atoms. The number of benzene rings is 4. The first-order valence-electron chi connectivity index (χ1n) is 10.3. The summed E-state index contributed by atoms with van der Waals surface area (Å²) < 4.78 is 5.93. The van der Waals surface area contributed by atoms with Crippen molar-refractivity contribution in [3.05, 3.63) is 114 Å². The van der Waals surface area contributed by atoms with Crippen LogP contribution in [0.25, 0.3) is 10.8 Å². The topological polar surface area (TPSA) is 38.3 Å². The van der Waals surface area contributed by atoms with Gasteiger partial charge in [-0.2, -0.15) is 0 Å². The van der Waals surface area contributed by atoms with E-state index in [-0.39, 0.29) is 11.8 Å². The summed E-state index contributed by atoms with van der Waals surface area (Å²) in [6.45, 7) is 0.902. The standard InChI is InChI=1S/C27H25NO2/c29-27(20-25(22-10-3-1-4-11-22)23-12-5-2-6-13-23)28-18-19-30-26-17-9-15-21-14-7-8-16-24(21)26/h1-17,25H,18-20H2,(H,28,29). The van der Waals surface area contributed by atoms with Crippen molar-refractivity contribution in [2.45, 2.75) is 12.3 Å². The van der Waals surface area contributed by atoms with Crippen molar-refractivity contribution in [1.29, 1.82) is 0 Å². The van der Waals surface area contributed by atoms with E-state index in [4.69, 9.17) is 4.74 Å². The van der Waals surface area contributed by atoms with Gasteiger partial charge in [-0.15, -0.1) is 0 Å². The van der Waals surface area contributed by atoms with Crippen LogP contribution < -0.4 is 10.1 Å². The number of fused-ring (bicyclic) bond motifs is 1. The van der Waals surface area contributed by atoms with Crippen molar-refractivity contribution < 1.29 is 9.53 Å². The number of amides is 1. The zero-order chi connectivity index (χ0) is 20.6. The minimum atomic E-state index is 0.0224. The van der Waals surface area contributed by atoms with Crippen LogP contribution >= 0.6 is 0 Å². The van der Waals surface area contributed by atoms with Gasteiger partial charge in [0.2, 0.25) is 5.91 Å². The van der Waals surface area contributed by atoms with Crippen molar-refractivity contribution in [2.24, 2.45) is 0 Å². The lowest BCUT2D eigenvalue weighted by atomic mass is 9.88. The summed E-state index contributed by atoms with van der Waals surface area (Å²) in [5, 5.41) is 5.24. The molecule has 0 aliphatic rings. The van der Waals surface area contributed by atoms with Crippen LogP contribution in [0.4, 0.5) is 0 Å². The highest BCUT2D eigenvalue weighted by Gasteiger charge is 2.17. The van der Waals surface area contributed by atoms with Crippen LogP contribution in [0.15, 0.2) is 103 Å². The third kappa shape index (κ3) is 4.87. The van der Waals surface area contributed by atoms with Gasteiger partial charge in [-0.25, -0.2) is 0 Å². The van der Waals surface area contributed by atoms with Gasteiger partial charge >= 0.3 is 0 Å². The Balaban J connectivity index is 1.35. The van der Waals surface area contributed by atoms with E-state index in [2.05, 4.69) is 41.7 Å². The lowest BCUT2D eigenvalue weighted by Crippen LogP contribution is -2.29. The quantitative estimate of drug-likeness (QED) is 0.397. The fourth-order valence-corrected chi connectivity index (χ4v) is 3.73. The monoisotopic (exact) mass is 395 g/mol. The number of nitrogens with one attached hydrogen (secondary N) is 1. The molecule has 0 atom stereocenters. The van der Waals surface area contributed by atoms with Gasteiger partial charge in [-0.3, -0.25) is 4.79 Å². The zero-order valence-corrected chi connectivity index (χ0v) is 16.8. The first-order chi connectivity index (χ1) is 14.8. The number of carbonyl (C=O) groups is 1. The number of hydrogen-bond acceptors (Lipinski definition) is 2. The molecule has 0 unspecified atom stereocenters. The molecule has 0 bridgehead atoms. The number of hydrogen-bond donors (Lipinski definition) is 1. The molecule has 4 rings (SSSR count). The minimum Gasteiger partial charge on any atom is -0.491 e. The SMILES string of the molecule is O=C(CC(c1ccccc1)c1ccccc1)NCCOc1cccc2ccccc12.